The zero-order valence-corrected chi connectivity index (χ0v) is 25.8. The van der Waals surface area contributed by atoms with Crippen LogP contribution in [0, 0.1) is 0 Å². The molecule has 0 fully saturated rings. The van der Waals surface area contributed by atoms with E-state index in [1.54, 1.807) is 0 Å². The highest BCUT2D eigenvalue weighted by Gasteiger charge is 2.19. The first-order valence-electron chi connectivity index (χ1n) is 16.1. The van der Waals surface area contributed by atoms with Gasteiger partial charge in [0.05, 0.1) is 22.1 Å². The van der Waals surface area contributed by atoms with E-state index in [1.807, 2.05) is 60.7 Å². The van der Waals surface area contributed by atoms with Crippen molar-refractivity contribution in [3.63, 3.8) is 0 Å². The van der Waals surface area contributed by atoms with Crippen molar-refractivity contribution in [1.82, 2.24) is 24.1 Å². The van der Waals surface area contributed by atoms with Gasteiger partial charge in [-0.15, -0.1) is 0 Å². The summed E-state index contributed by atoms with van der Waals surface area (Å²) in [5.41, 5.74) is 7.50. The molecule has 0 saturated carbocycles. The van der Waals surface area contributed by atoms with E-state index in [9.17, 15) is 0 Å². The number of benzene rings is 7. The van der Waals surface area contributed by atoms with E-state index >= 15 is 0 Å². The third kappa shape index (κ3) is 4.08. The third-order valence-corrected chi connectivity index (χ3v) is 9.34. The number of aromatic nitrogens is 5. The molecule has 224 valence electrons. The standard InChI is InChI=1S/C43H27N5/c1-3-13-28(14-4-1)41-44-42(29-15-5-2-6-16-29)46-43(45-41)48-39-22-12-9-19-35(39)36-26-30-23-24-32(25-31(30)27-40(36)48)47-37-20-10-7-17-33(37)34-18-8-11-21-38(34)47/h1-27H. The Morgan fingerprint density at radius 2 is 0.833 bits per heavy atom. The van der Waals surface area contributed by atoms with Crippen LogP contribution in [-0.4, -0.2) is 24.1 Å². The maximum atomic E-state index is 5.12. The van der Waals surface area contributed by atoms with E-state index in [-0.39, 0.29) is 0 Å². The monoisotopic (exact) mass is 613 g/mol. The van der Waals surface area contributed by atoms with Gasteiger partial charge >= 0.3 is 0 Å². The van der Waals surface area contributed by atoms with Crippen LogP contribution in [0.1, 0.15) is 0 Å². The van der Waals surface area contributed by atoms with Crippen LogP contribution in [0.4, 0.5) is 0 Å². The highest BCUT2D eigenvalue weighted by molar-refractivity contribution is 6.14. The first-order valence-corrected chi connectivity index (χ1v) is 16.1. The Labute approximate surface area is 276 Å². The smallest absolute Gasteiger partial charge is 0.238 e. The summed E-state index contributed by atoms with van der Waals surface area (Å²) in [6.45, 7) is 0. The predicted octanol–water partition coefficient (Wildman–Crippen LogP) is 10.6. The Bertz CT molecular complexity index is 2720. The van der Waals surface area contributed by atoms with Crippen LogP contribution in [0.5, 0.6) is 0 Å². The largest absolute Gasteiger partial charge is 0.309 e. The van der Waals surface area contributed by atoms with Crippen molar-refractivity contribution in [2.75, 3.05) is 0 Å². The van der Waals surface area contributed by atoms with Crippen LogP contribution in [0.3, 0.4) is 0 Å². The zero-order valence-electron chi connectivity index (χ0n) is 25.8. The van der Waals surface area contributed by atoms with E-state index in [1.165, 1.54) is 27.2 Å². The molecule has 0 aliphatic rings. The molecule has 0 aliphatic carbocycles. The van der Waals surface area contributed by atoms with Crippen molar-refractivity contribution in [3.8, 4) is 34.4 Å². The molecule has 10 aromatic rings. The minimum atomic E-state index is 0.590. The first-order chi connectivity index (χ1) is 23.8. The Kier molecular flexibility index (Phi) is 5.81. The summed E-state index contributed by atoms with van der Waals surface area (Å²) in [6.07, 6.45) is 0. The van der Waals surface area contributed by atoms with Gasteiger partial charge in [-0.25, -0.2) is 4.98 Å². The number of para-hydroxylation sites is 3. The molecule has 0 aliphatic heterocycles. The van der Waals surface area contributed by atoms with E-state index < -0.39 is 0 Å². The molecular weight excluding hydrogens is 587 g/mol. The Morgan fingerprint density at radius 3 is 1.42 bits per heavy atom. The second-order valence-corrected chi connectivity index (χ2v) is 12.1. The SMILES string of the molecule is c1ccc(-c2nc(-c3ccccc3)nc(-n3c4ccccc4c4cc5ccc(-n6c7ccccc7c7ccccc76)cc5cc43)n2)cc1. The fraction of sp³-hybridized carbons (Fsp3) is 0. The lowest BCUT2D eigenvalue weighted by Gasteiger charge is -2.12. The molecule has 0 amide bonds. The molecule has 5 heteroatoms. The van der Waals surface area contributed by atoms with Gasteiger partial charge in [-0.1, -0.05) is 121 Å². The zero-order chi connectivity index (χ0) is 31.6. The highest BCUT2D eigenvalue weighted by Crippen LogP contribution is 2.37. The molecule has 0 bridgehead atoms. The molecule has 3 heterocycles. The van der Waals surface area contributed by atoms with Gasteiger partial charge in [-0.05, 0) is 53.2 Å². The molecule has 48 heavy (non-hydrogen) atoms. The summed E-state index contributed by atoms with van der Waals surface area (Å²) in [4.78, 5) is 15.2. The van der Waals surface area contributed by atoms with Crippen LogP contribution in [0.15, 0.2) is 164 Å². The van der Waals surface area contributed by atoms with Gasteiger partial charge in [0.25, 0.3) is 0 Å². The van der Waals surface area contributed by atoms with Crippen molar-refractivity contribution in [2.24, 2.45) is 0 Å². The lowest BCUT2D eigenvalue weighted by Crippen LogP contribution is -2.06. The lowest BCUT2D eigenvalue weighted by atomic mass is 10.1. The van der Waals surface area contributed by atoms with Crippen molar-refractivity contribution in [2.45, 2.75) is 0 Å². The van der Waals surface area contributed by atoms with Crippen molar-refractivity contribution in [1.29, 1.82) is 0 Å². The maximum Gasteiger partial charge on any atom is 0.238 e. The normalized spacial score (nSPS) is 11.8. The average molecular weight is 614 g/mol. The fourth-order valence-electron chi connectivity index (χ4n) is 7.15. The number of nitrogens with zero attached hydrogens (tertiary/aromatic N) is 5. The van der Waals surface area contributed by atoms with Crippen LogP contribution in [0.2, 0.25) is 0 Å². The molecule has 0 atom stereocenters. The quantitative estimate of drug-likeness (QED) is 0.198. The predicted molar refractivity (Wildman–Crippen MR) is 197 cm³/mol. The molecule has 5 nitrogen and oxygen atoms in total. The van der Waals surface area contributed by atoms with E-state index in [0.29, 0.717) is 17.6 Å². The Morgan fingerprint density at radius 1 is 0.333 bits per heavy atom. The summed E-state index contributed by atoms with van der Waals surface area (Å²) in [6, 6.07) is 57.4. The van der Waals surface area contributed by atoms with E-state index in [0.717, 1.165) is 44.0 Å². The van der Waals surface area contributed by atoms with Crippen molar-refractivity contribution in [3.05, 3.63) is 164 Å². The minimum absolute atomic E-state index is 0.590. The molecule has 0 N–H and O–H groups in total. The molecule has 0 radical (unpaired) electrons. The number of hydrogen-bond donors (Lipinski definition) is 0. The summed E-state index contributed by atoms with van der Waals surface area (Å²) < 4.78 is 4.56. The first kappa shape index (κ1) is 26.6. The fourth-order valence-corrected chi connectivity index (χ4v) is 7.15. The van der Waals surface area contributed by atoms with Gasteiger partial charge in [0.15, 0.2) is 11.6 Å². The van der Waals surface area contributed by atoms with Crippen LogP contribution < -0.4 is 0 Å². The van der Waals surface area contributed by atoms with Gasteiger partial charge < -0.3 is 4.57 Å². The second-order valence-electron chi connectivity index (χ2n) is 12.1. The lowest BCUT2D eigenvalue weighted by molar-refractivity contribution is 0.954. The Balaban J connectivity index is 1.25. The summed E-state index contributed by atoms with van der Waals surface area (Å²) >= 11 is 0. The Hall–Kier alpha value is -6.59. The van der Waals surface area contributed by atoms with Gasteiger partial charge in [0.2, 0.25) is 5.95 Å². The minimum Gasteiger partial charge on any atom is -0.309 e. The van der Waals surface area contributed by atoms with Crippen molar-refractivity contribution < 1.29 is 0 Å². The third-order valence-electron chi connectivity index (χ3n) is 9.34. The van der Waals surface area contributed by atoms with E-state index in [4.69, 9.17) is 15.0 Å². The van der Waals surface area contributed by atoms with Crippen LogP contribution >= 0.6 is 0 Å². The molecule has 10 rings (SSSR count). The maximum absolute atomic E-state index is 5.12. The van der Waals surface area contributed by atoms with Gasteiger partial charge in [-0.3, -0.25) is 4.57 Å². The van der Waals surface area contributed by atoms with Gasteiger partial charge in [-0.2, -0.15) is 9.97 Å². The second kappa shape index (κ2) is 10.5. The van der Waals surface area contributed by atoms with Crippen LogP contribution in [-0.2, 0) is 0 Å². The van der Waals surface area contributed by atoms with Crippen LogP contribution in [0.25, 0.3) is 88.8 Å². The van der Waals surface area contributed by atoms with E-state index in [2.05, 4.69) is 112 Å². The molecular formula is C43H27N5. The molecule has 0 spiro atoms. The topological polar surface area (TPSA) is 48.5 Å². The summed E-state index contributed by atoms with van der Waals surface area (Å²) in [5.74, 6) is 1.87. The average Bonchev–Trinajstić information content (AvgIpc) is 3.67. The number of hydrogen-bond acceptors (Lipinski definition) is 3. The molecule has 7 aromatic carbocycles. The number of rotatable bonds is 4. The molecule has 0 saturated heterocycles. The van der Waals surface area contributed by atoms with Gasteiger partial charge in [0, 0.05) is 38.4 Å². The molecule has 0 unspecified atom stereocenters. The van der Waals surface area contributed by atoms with Crippen molar-refractivity contribution >= 4 is 54.4 Å². The number of fused-ring (bicyclic) bond motifs is 7. The molecule has 3 aromatic heterocycles. The highest BCUT2D eigenvalue weighted by atomic mass is 15.2. The summed E-state index contributed by atoms with van der Waals surface area (Å²) in [7, 11) is 0. The van der Waals surface area contributed by atoms with Gasteiger partial charge in [0.1, 0.15) is 0 Å². The summed E-state index contributed by atoms with van der Waals surface area (Å²) in [5, 5.41) is 7.14.